The molecular weight excluding hydrogens is 221 g/mol. The number of benzene rings is 1. The molecule has 2 rings (SSSR count). The predicted molar refractivity (Wildman–Crippen MR) is 59.6 cm³/mol. The van der Waals surface area contributed by atoms with Crippen LogP contribution in [0.4, 0.5) is 4.39 Å². The summed E-state index contributed by atoms with van der Waals surface area (Å²) in [5.41, 5.74) is 5.44. The van der Waals surface area contributed by atoms with Gasteiger partial charge in [-0.3, -0.25) is 0 Å². The molecule has 0 saturated carbocycles. The van der Waals surface area contributed by atoms with Crippen LogP contribution in [0.5, 0.6) is 0 Å². The second kappa shape index (κ2) is 3.85. The van der Waals surface area contributed by atoms with Crippen molar-refractivity contribution >= 4 is 33.0 Å². The van der Waals surface area contributed by atoms with Gasteiger partial charge in [-0.1, -0.05) is 23.7 Å². The van der Waals surface area contributed by atoms with Crippen molar-refractivity contribution in [2.24, 2.45) is 5.73 Å². The zero-order chi connectivity index (χ0) is 10.1. The van der Waals surface area contributed by atoms with Crippen LogP contribution in [0.25, 0.3) is 10.1 Å². The summed E-state index contributed by atoms with van der Waals surface area (Å²) in [6.45, 7) is 0.536. The summed E-state index contributed by atoms with van der Waals surface area (Å²) in [6.07, 6.45) is 0.706. The molecule has 14 heavy (non-hydrogen) atoms. The van der Waals surface area contributed by atoms with E-state index >= 15 is 0 Å². The van der Waals surface area contributed by atoms with Gasteiger partial charge in [-0.2, -0.15) is 0 Å². The fourth-order valence-electron chi connectivity index (χ4n) is 1.40. The van der Waals surface area contributed by atoms with Gasteiger partial charge in [0, 0.05) is 10.3 Å². The first-order valence-electron chi connectivity index (χ1n) is 4.29. The number of rotatable bonds is 2. The normalized spacial score (nSPS) is 11.1. The van der Waals surface area contributed by atoms with Gasteiger partial charge < -0.3 is 5.73 Å². The van der Waals surface area contributed by atoms with Crippen LogP contribution < -0.4 is 5.73 Å². The standard InChI is InChI=1S/C10H9ClFNS/c11-9-6-2-1-3-7(12)10(6)14-8(9)4-5-13/h1-3H,4-5,13H2. The van der Waals surface area contributed by atoms with Gasteiger partial charge in [-0.05, 0) is 19.0 Å². The lowest BCUT2D eigenvalue weighted by Gasteiger charge is -1.92. The number of hydrogen-bond donors (Lipinski definition) is 1. The van der Waals surface area contributed by atoms with Gasteiger partial charge in [0.25, 0.3) is 0 Å². The van der Waals surface area contributed by atoms with Gasteiger partial charge >= 0.3 is 0 Å². The van der Waals surface area contributed by atoms with E-state index < -0.39 is 0 Å². The SMILES string of the molecule is NCCc1sc2c(F)cccc2c1Cl. The number of fused-ring (bicyclic) bond motifs is 1. The van der Waals surface area contributed by atoms with Crippen molar-refractivity contribution in [3.05, 3.63) is 33.9 Å². The molecule has 0 amide bonds. The lowest BCUT2D eigenvalue weighted by Crippen LogP contribution is -2.01. The highest BCUT2D eigenvalue weighted by atomic mass is 35.5. The largest absolute Gasteiger partial charge is 0.330 e. The van der Waals surface area contributed by atoms with Crippen LogP contribution in [0.3, 0.4) is 0 Å². The van der Waals surface area contributed by atoms with E-state index in [4.69, 9.17) is 17.3 Å². The molecule has 0 aliphatic rings. The highest BCUT2D eigenvalue weighted by Crippen LogP contribution is 2.36. The second-order valence-electron chi connectivity index (χ2n) is 2.99. The van der Waals surface area contributed by atoms with Crippen LogP contribution in [-0.4, -0.2) is 6.54 Å². The van der Waals surface area contributed by atoms with Crippen LogP contribution in [0.1, 0.15) is 4.88 Å². The molecule has 1 heterocycles. The van der Waals surface area contributed by atoms with E-state index in [0.717, 1.165) is 10.3 Å². The Balaban J connectivity index is 2.67. The van der Waals surface area contributed by atoms with Gasteiger partial charge in [0.1, 0.15) is 5.82 Å². The molecular formula is C10H9ClFNS. The number of thiophene rings is 1. The van der Waals surface area contributed by atoms with Crippen molar-refractivity contribution in [3.8, 4) is 0 Å². The first-order chi connectivity index (χ1) is 6.74. The molecule has 0 spiro atoms. The van der Waals surface area contributed by atoms with Gasteiger partial charge in [-0.25, -0.2) is 4.39 Å². The van der Waals surface area contributed by atoms with Crippen molar-refractivity contribution in [2.75, 3.05) is 6.54 Å². The third-order valence-corrected chi connectivity index (χ3v) is 3.86. The minimum atomic E-state index is -0.210. The molecule has 0 radical (unpaired) electrons. The third-order valence-electron chi connectivity index (χ3n) is 2.04. The molecule has 0 fully saturated rings. The Morgan fingerprint density at radius 2 is 2.21 bits per heavy atom. The monoisotopic (exact) mass is 229 g/mol. The topological polar surface area (TPSA) is 26.0 Å². The van der Waals surface area contributed by atoms with Crippen LogP contribution in [0, 0.1) is 5.82 Å². The summed E-state index contributed by atoms with van der Waals surface area (Å²) >= 11 is 7.48. The predicted octanol–water partition coefficient (Wildman–Crippen LogP) is 3.20. The summed E-state index contributed by atoms with van der Waals surface area (Å²) in [5, 5.41) is 1.44. The van der Waals surface area contributed by atoms with E-state index in [1.165, 1.54) is 17.4 Å². The molecule has 0 bridgehead atoms. The minimum Gasteiger partial charge on any atom is -0.330 e. The maximum absolute atomic E-state index is 13.3. The molecule has 0 unspecified atom stereocenters. The first kappa shape index (κ1) is 9.90. The van der Waals surface area contributed by atoms with Crippen LogP contribution in [0.2, 0.25) is 5.02 Å². The zero-order valence-electron chi connectivity index (χ0n) is 7.39. The molecule has 0 saturated heterocycles. The Morgan fingerprint density at radius 3 is 2.86 bits per heavy atom. The number of halogens is 2. The quantitative estimate of drug-likeness (QED) is 0.841. The molecule has 0 aliphatic heterocycles. The average Bonchev–Trinajstić information content (AvgIpc) is 2.48. The fraction of sp³-hybridized carbons (Fsp3) is 0.200. The first-order valence-corrected chi connectivity index (χ1v) is 5.49. The smallest absolute Gasteiger partial charge is 0.141 e. The minimum absolute atomic E-state index is 0.210. The zero-order valence-corrected chi connectivity index (χ0v) is 8.96. The van der Waals surface area contributed by atoms with E-state index in [9.17, 15) is 4.39 Å². The average molecular weight is 230 g/mol. The van der Waals surface area contributed by atoms with Crippen molar-refractivity contribution in [3.63, 3.8) is 0 Å². The van der Waals surface area contributed by atoms with Crippen LogP contribution in [-0.2, 0) is 6.42 Å². The number of nitrogens with two attached hydrogens (primary N) is 1. The van der Waals surface area contributed by atoms with Gasteiger partial charge in [0.2, 0.25) is 0 Å². The lowest BCUT2D eigenvalue weighted by atomic mass is 10.2. The van der Waals surface area contributed by atoms with E-state index in [-0.39, 0.29) is 5.82 Å². The Hall–Kier alpha value is -0.640. The molecule has 1 aromatic heterocycles. The van der Waals surface area contributed by atoms with E-state index in [1.54, 1.807) is 6.07 Å². The van der Waals surface area contributed by atoms with Crippen molar-refractivity contribution in [2.45, 2.75) is 6.42 Å². The van der Waals surface area contributed by atoms with Gasteiger partial charge in [0.15, 0.2) is 0 Å². The molecule has 2 aromatic rings. The summed E-state index contributed by atoms with van der Waals surface area (Å²) in [7, 11) is 0. The molecule has 1 aromatic carbocycles. The Kier molecular flexibility index (Phi) is 2.72. The van der Waals surface area contributed by atoms with E-state index in [0.29, 0.717) is 22.7 Å². The maximum atomic E-state index is 13.3. The van der Waals surface area contributed by atoms with Crippen molar-refractivity contribution < 1.29 is 4.39 Å². The Labute approximate surface area is 90.3 Å². The summed E-state index contributed by atoms with van der Waals surface area (Å²) in [5.74, 6) is -0.210. The highest BCUT2D eigenvalue weighted by Gasteiger charge is 2.11. The second-order valence-corrected chi connectivity index (χ2v) is 4.48. The van der Waals surface area contributed by atoms with Crippen molar-refractivity contribution in [1.82, 2.24) is 0 Å². The lowest BCUT2D eigenvalue weighted by molar-refractivity contribution is 0.642. The number of hydrogen-bond acceptors (Lipinski definition) is 2. The third kappa shape index (κ3) is 1.52. The summed E-state index contributed by atoms with van der Waals surface area (Å²) < 4.78 is 14.0. The molecule has 1 nitrogen and oxygen atoms in total. The highest BCUT2D eigenvalue weighted by molar-refractivity contribution is 7.19. The van der Waals surface area contributed by atoms with Gasteiger partial charge in [0.05, 0.1) is 9.72 Å². The molecule has 2 N–H and O–H groups in total. The molecule has 4 heteroatoms. The molecule has 74 valence electrons. The summed E-state index contributed by atoms with van der Waals surface area (Å²) in [6, 6.07) is 4.95. The Morgan fingerprint density at radius 1 is 1.43 bits per heavy atom. The van der Waals surface area contributed by atoms with Gasteiger partial charge in [-0.15, -0.1) is 11.3 Å². The van der Waals surface area contributed by atoms with E-state index in [2.05, 4.69) is 0 Å². The Bertz CT molecular complexity index is 466. The summed E-state index contributed by atoms with van der Waals surface area (Å²) in [4.78, 5) is 0.967. The van der Waals surface area contributed by atoms with Crippen LogP contribution >= 0.6 is 22.9 Å². The van der Waals surface area contributed by atoms with E-state index in [1.807, 2.05) is 6.07 Å². The molecule has 0 aliphatic carbocycles. The maximum Gasteiger partial charge on any atom is 0.141 e. The van der Waals surface area contributed by atoms with Crippen LogP contribution in [0.15, 0.2) is 18.2 Å². The molecule has 0 atom stereocenters. The van der Waals surface area contributed by atoms with Crippen molar-refractivity contribution in [1.29, 1.82) is 0 Å². The fourth-order valence-corrected chi connectivity index (χ4v) is 2.93.